The van der Waals surface area contributed by atoms with Gasteiger partial charge in [-0.05, 0) is 10.4 Å². The Morgan fingerprint density at radius 3 is 3.15 bits per heavy atom. The second kappa shape index (κ2) is 3.56. The van der Waals surface area contributed by atoms with Gasteiger partial charge in [-0.1, -0.05) is 11.8 Å². The molecule has 0 aliphatic rings. The molecule has 68 valence electrons. The van der Waals surface area contributed by atoms with Crippen LogP contribution in [0.3, 0.4) is 0 Å². The molecule has 6 nitrogen and oxygen atoms in total. The molecule has 2 aromatic rings. The number of aryl methyl sites for hydroxylation is 1. The first-order chi connectivity index (χ1) is 6.36. The lowest BCUT2D eigenvalue weighted by molar-refractivity contribution is 0.454. The van der Waals surface area contributed by atoms with Crippen molar-refractivity contribution in [3.05, 3.63) is 18.3 Å². The van der Waals surface area contributed by atoms with Gasteiger partial charge in [0.05, 0.1) is 11.9 Å². The van der Waals surface area contributed by atoms with Gasteiger partial charge < -0.3 is 4.42 Å². The Morgan fingerprint density at radius 2 is 2.54 bits per heavy atom. The highest BCUT2D eigenvalue weighted by atomic mass is 32.2. The van der Waals surface area contributed by atoms with Crippen molar-refractivity contribution in [3.8, 4) is 0 Å². The molecule has 2 rings (SSSR count). The molecule has 0 N–H and O–H groups in total. The lowest BCUT2D eigenvalue weighted by Gasteiger charge is -1.94. The van der Waals surface area contributed by atoms with Gasteiger partial charge in [-0.3, -0.25) is 0 Å². The molecule has 0 unspecified atom stereocenters. The summed E-state index contributed by atoms with van der Waals surface area (Å²) in [6.07, 6.45) is 3.15. The van der Waals surface area contributed by atoms with Crippen molar-refractivity contribution in [2.45, 2.75) is 11.0 Å². The average molecular weight is 197 g/mol. The molecular formula is C6H7N5OS. The van der Waals surface area contributed by atoms with Crippen LogP contribution in [0.25, 0.3) is 0 Å². The molecule has 0 saturated carbocycles. The summed E-state index contributed by atoms with van der Waals surface area (Å²) in [5.74, 6) is 1.45. The first kappa shape index (κ1) is 8.24. The van der Waals surface area contributed by atoms with Crippen LogP contribution in [0.1, 0.15) is 5.82 Å². The molecular weight excluding hydrogens is 190 g/mol. The predicted octanol–water partition coefficient (Wildman–Crippen LogP) is 0.490. The van der Waals surface area contributed by atoms with Crippen LogP contribution in [0.2, 0.25) is 0 Å². The zero-order chi connectivity index (χ0) is 9.10. The summed E-state index contributed by atoms with van der Waals surface area (Å²) in [5, 5.41) is 11.7. The number of oxazole rings is 1. The van der Waals surface area contributed by atoms with Crippen LogP contribution < -0.4 is 0 Å². The van der Waals surface area contributed by atoms with Crippen LogP contribution in [-0.4, -0.2) is 25.2 Å². The molecule has 0 aliphatic carbocycles. The minimum Gasteiger partial charge on any atom is -0.440 e. The number of hydrogen-bond donors (Lipinski definition) is 0. The standard InChI is InChI=1S/C6H7N5OS/c1-11-5(8-9-10-11)4-13-6-7-2-3-12-6/h2-3H,4H2,1H3. The van der Waals surface area contributed by atoms with Crippen molar-refractivity contribution in [2.24, 2.45) is 7.05 Å². The van der Waals surface area contributed by atoms with Crippen LogP contribution in [0.4, 0.5) is 0 Å². The van der Waals surface area contributed by atoms with E-state index in [1.54, 1.807) is 17.9 Å². The van der Waals surface area contributed by atoms with Gasteiger partial charge in [0.1, 0.15) is 6.26 Å². The monoisotopic (exact) mass is 197 g/mol. The van der Waals surface area contributed by atoms with Crippen LogP contribution in [0, 0.1) is 0 Å². The van der Waals surface area contributed by atoms with Crippen LogP contribution in [0.5, 0.6) is 0 Å². The second-order valence-electron chi connectivity index (χ2n) is 2.31. The van der Waals surface area contributed by atoms with Gasteiger partial charge in [-0.15, -0.1) is 5.10 Å². The number of nitrogens with zero attached hydrogens (tertiary/aromatic N) is 5. The third-order valence-corrected chi connectivity index (χ3v) is 2.29. The predicted molar refractivity (Wildman–Crippen MR) is 44.9 cm³/mol. The third kappa shape index (κ3) is 1.86. The maximum absolute atomic E-state index is 5.05. The first-order valence-corrected chi connectivity index (χ1v) is 4.58. The van der Waals surface area contributed by atoms with E-state index in [0.29, 0.717) is 11.0 Å². The van der Waals surface area contributed by atoms with Gasteiger partial charge in [0.2, 0.25) is 0 Å². The summed E-state index contributed by atoms with van der Waals surface area (Å²) in [7, 11) is 1.80. The van der Waals surface area contributed by atoms with Gasteiger partial charge >= 0.3 is 0 Å². The highest BCUT2D eigenvalue weighted by Gasteiger charge is 2.04. The number of aromatic nitrogens is 5. The summed E-state index contributed by atoms with van der Waals surface area (Å²) in [5.41, 5.74) is 0. The van der Waals surface area contributed by atoms with E-state index in [1.165, 1.54) is 18.0 Å². The molecule has 0 atom stereocenters. The molecule has 0 radical (unpaired) electrons. The van der Waals surface area contributed by atoms with Crippen molar-refractivity contribution < 1.29 is 4.42 Å². The third-order valence-electron chi connectivity index (χ3n) is 1.44. The summed E-state index contributed by atoms with van der Waals surface area (Å²) in [4.78, 5) is 3.96. The fourth-order valence-electron chi connectivity index (χ4n) is 0.778. The van der Waals surface area contributed by atoms with Gasteiger partial charge in [0, 0.05) is 7.05 Å². The summed E-state index contributed by atoms with van der Waals surface area (Å²) in [6, 6.07) is 0. The molecule has 7 heteroatoms. The van der Waals surface area contributed by atoms with Crippen LogP contribution in [0.15, 0.2) is 22.1 Å². The zero-order valence-corrected chi connectivity index (χ0v) is 7.73. The molecule has 0 aliphatic heterocycles. The fourth-order valence-corrected chi connectivity index (χ4v) is 1.53. The zero-order valence-electron chi connectivity index (χ0n) is 6.91. The Kier molecular flexibility index (Phi) is 2.26. The average Bonchev–Trinajstić information content (AvgIpc) is 2.72. The van der Waals surface area contributed by atoms with E-state index >= 15 is 0 Å². The first-order valence-electron chi connectivity index (χ1n) is 3.60. The van der Waals surface area contributed by atoms with E-state index in [1.807, 2.05) is 0 Å². The maximum Gasteiger partial charge on any atom is 0.255 e. The Balaban J connectivity index is 1.97. The van der Waals surface area contributed by atoms with Crippen molar-refractivity contribution >= 4 is 11.8 Å². The van der Waals surface area contributed by atoms with E-state index in [-0.39, 0.29) is 0 Å². The molecule has 0 fully saturated rings. The van der Waals surface area contributed by atoms with Crippen LogP contribution >= 0.6 is 11.8 Å². The topological polar surface area (TPSA) is 69.6 Å². The van der Waals surface area contributed by atoms with E-state index in [9.17, 15) is 0 Å². The Labute approximate surface area is 78.3 Å². The quantitative estimate of drug-likeness (QED) is 0.667. The Hall–Kier alpha value is -1.37. The summed E-state index contributed by atoms with van der Waals surface area (Å²) in [6.45, 7) is 0. The lowest BCUT2D eigenvalue weighted by Crippen LogP contribution is -1.97. The molecule has 0 aromatic carbocycles. The molecule has 0 amide bonds. The number of rotatable bonds is 3. The Bertz CT molecular complexity index is 370. The molecule has 0 bridgehead atoms. The smallest absolute Gasteiger partial charge is 0.255 e. The van der Waals surface area contributed by atoms with Crippen LogP contribution in [-0.2, 0) is 12.8 Å². The second-order valence-corrected chi connectivity index (χ2v) is 3.23. The number of hydrogen-bond acceptors (Lipinski definition) is 6. The number of tetrazole rings is 1. The highest BCUT2D eigenvalue weighted by molar-refractivity contribution is 7.98. The van der Waals surface area contributed by atoms with E-state index in [2.05, 4.69) is 20.5 Å². The maximum atomic E-state index is 5.05. The highest BCUT2D eigenvalue weighted by Crippen LogP contribution is 2.18. The summed E-state index contributed by atoms with van der Waals surface area (Å²) >= 11 is 1.46. The largest absolute Gasteiger partial charge is 0.440 e. The minimum absolute atomic E-state index is 0.628. The van der Waals surface area contributed by atoms with Gasteiger partial charge in [-0.25, -0.2) is 9.67 Å². The van der Waals surface area contributed by atoms with Crippen molar-refractivity contribution in [1.82, 2.24) is 25.2 Å². The van der Waals surface area contributed by atoms with Gasteiger partial charge in [0.15, 0.2) is 5.82 Å². The van der Waals surface area contributed by atoms with E-state index in [0.717, 1.165) is 5.82 Å². The molecule has 13 heavy (non-hydrogen) atoms. The summed E-state index contributed by atoms with van der Waals surface area (Å²) < 4.78 is 6.67. The van der Waals surface area contributed by atoms with E-state index in [4.69, 9.17) is 4.42 Å². The molecule has 2 aromatic heterocycles. The van der Waals surface area contributed by atoms with Gasteiger partial charge in [-0.2, -0.15) is 0 Å². The minimum atomic E-state index is 0.628. The van der Waals surface area contributed by atoms with Crippen molar-refractivity contribution in [2.75, 3.05) is 0 Å². The number of thioether (sulfide) groups is 1. The Morgan fingerprint density at radius 1 is 1.62 bits per heavy atom. The van der Waals surface area contributed by atoms with Gasteiger partial charge in [0.25, 0.3) is 5.22 Å². The fraction of sp³-hybridized carbons (Fsp3) is 0.333. The molecule has 2 heterocycles. The van der Waals surface area contributed by atoms with E-state index < -0.39 is 0 Å². The van der Waals surface area contributed by atoms with Crippen molar-refractivity contribution in [1.29, 1.82) is 0 Å². The molecule has 0 spiro atoms. The molecule has 0 saturated heterocycles. The lowest BCUT2D eigenvalue weighted by atomic mass is 10.7. The SMILES string of the molecule is Cn1nnnc1CSc1ncco1. The normalized spacial score (nSPS) is 10.5. The van der Waals surface area contributed by atoms with Crippen molar-refractivity contribution in [3.63, 3.8) is 0 Å².